The number of benzene rings is 4. The Balaban J connectivity index is 0.000000166. The van der Waals surface area contributed by atoms with Crippen molar-refractivity contribution in [3.8, 4) is 16.9 Å². The maximum atomic E-state index is 5.11. The van der Waals surface area contributed by atoms with E-state index in [2.05, 4.69) is 92.0 Å². The summed E-state index contributed by atoms with van der Waals surface area (Å²) in [6.45, 7) is 4.19. The monoisotopic (exact) mass is 381 g/mol. The summed E-state index contributed by atoms with van der Waals surface area (Å²) in [5, 5.41) is 3.36. The molecule has 0 unspecified atom stereocenters. The third kappa shape index (κ3) is 6.25. The van der Waals surface area contributed by atoms with Crippen molar-refractivity contribution in [2.24, 2.45) is 0 Å². The lowest BCUT2D eigenvalue weighted by Gasteiger charge is -2.06. The average Bonchev–Trinajstić information content (AvgIpc) is 2.78. The summed E-state index contributed by atoms with van der Waals surface area (Å²) in [6.07, 6.45) is 0. The van der Waals surface area contributed by atoms with E-state index in [0.717, 1.165) is 17.1 Å². The predicted octanol–water partition coefficient (Wildman–Crippen LogP) is 7.41. The second-order valence-electron chi connectivity index (χ2n) is 6.95. The van der Waals surface area contributed by atoms with Gasteiger partial charge < -0.3 is 10.1 Å². The summed E-state index contributed by atoms with van der Waals surface area (Å²) in [5.41, 5.74) is 7.27. The van der Waals surface area contributed by atoms with Crippen molar-refractivity contribution in [2.75, 3.05) is 12.4 Å². The van der Waals surface area contributed by atoms with Crippen LogP contribution in [0.4, 0.5) is 11.4 Å². The predicted molar refractivity (Wildman–Crippen MR) is 124 cm³/mol. The fraction of sp³-hybridized carbons (Fsp3) is 0.111. The molecule has 0 spiro atoms. The van der Waals surface area contributed by atoms with Crippen molar-refractivity contribution in [1.82, 2.24) is 0 Å². The molecule has 0 heterocycles. The number of anilines is 2. The Kier molecular flexibility index (Phi) is 7.07. The second kappa shape index (κ2) is 10.1. The highest BCUT2D eigenvalue weighted by atomic mass is 16.5. The molecule has 0 fully saturated rings. The van der Waals surface area contributed by atoms with Gasteiger partial charge in [0, 0.05) is 11.4 Å². The van der Waals surface area contributed by atoms with Crippen molar-refractivity contribution in [3.63, 3.8) is 0 Å². The molecule has 29 heavy (non-hydrogen) atoms. The number of ether oxygens (including phenoxy) is 1. The van der Waals surface area contributed by atoms with Crippen LogP contribution in [-0.2, 0) is 0 Å². The molecule has 146 valence electrons. The lowest BCUT2D eigenvalue weighted by molar-refractivity contribution is 0.415. The van der Waals surface area contributed by atoms with Gasteiger partial charge in [-0.2, -0.15) is 0 Å². The first-order valence-electron chi connectivity index (χ1n) is 9.74. The maximum Gasteiger partial charge on any atom is 0.118 e. The number of hydrogen-bond donors (Lipinski definition) is 1. The number of nitrogens with one attached hydrogen (secondary N) is 1. The van der Waals surface area contributed by atoms with E-state index >= 15 is 0 Å². The van der Waals surface area contributed by atoms with Crippen LogP contribution in [0.3, 0.4) is 0 Å². The molecule has 0 saturated heterocycles. The summed E-state index contributed by atoms with van der Waals surface area (Å²) in [7, 11) is 1.68. The molecule has 0 bridgehead atoms. The first kappa shape index (κ1) is 20.2. The van der Waals surface area contributed by atoms with Gasteiger partial charge in [-0.15, -0.1) is 0 Å². The molecule has 2 heteroatoms. The largest absolute Gasteiger partial charge is 0.497 e. The Morgan fingerprint density at radius 1 is 0.517 bits per heavy atom. The highest BCUT2D eigenvalue weighted by Crippen LogP contribution is 2.21. The standard InChI is InChI=1S/C14H15N.C13H12O/c1-11-3-7-13(8-4-11)15-14-9-5-12(2)6-10-14;1-14-13-9-7-12(8-10-13)11-5-3-2-4-6-11/h3-10,15H,1-2H3;2-10H,1H3. The fourth-order valence-corrected chi connectivity index (χ4v) is 2.85. The van der Waals surface area contributed by atoms with Gasteiger partial charge in [-0.05, 0) is 61.4 Å². The van der Waals surface area contributed by atoms with Gasteiger partial charge in [-0.25, -0.2) is 0 Å². The van der Waals surface area contributed by atoms with Gasteiger partial charge in [-0.1, -0.05) is 77.9 Å². The fourth-order valence-electron chi connectivity index (χ4n) is 2.85. The van der Waals surface area contributed by atoms with Crippen molar-refractivity contribution in [2.45, 2.75) is 13.8 Å². The smallest absolute Gasteiger partial charge is 0.118 e. The third-order valence-electron chi connectivity index (χ3n) is 4.59. The van der Waals surface area contributed by atoms with Crippen LogP contribution in [-0.4, -0.2) is 7.11 Å². The number of aryl methyl sites for hydroxylation is 2. The lowest BCUT2D eigenvalue weighted by Crippen LogP contribution is -1.89. The first-order chi connectivity index (χ1) is 14.1. The Morgan fingerprint density at radius 3 is 1.41 bits per heavy atom. The van der Waals surface area contributed by atoms with Crippen LogP contribution in [0.2, 0.25) is 0 Å². The molecule has 1 N–H and O–H groups in total. The summed E-state index contributed by atoms with van der Waals surface area (Å²) < 4.78 is 5.11. The highest BCUT2D eigenvalue weighted by molar-refractivity contribution is 5.64. The van der Waals surface area contributed by atoms with E-state index in [4.69, 9.17) is 4.74 Å². The second-order valence-corrected chi connectivity index (χ2v) is 6.95. The normalized spacial score (nSPS) is 9.90. The quantitative estimate of drug-likeness (QED) is 0.397. The van der Waals surface area contributed by atoms with Crippen LogP contribution in [0, 0.1) is 13.8 Å². The number of hydrogen-bond acceptors (Lipinski definition) is 2. The van der Waals surface area contributed by atoms with Gasteiger partial charge in [-0.3, -0.25) is 0 Å². The van der Waals surface area contributed by atoms with Crippen LogP contribution in [0.25, 0.3) is 11.1 Å². The van der Waals surface area contributed by atoms with Gasteiger partial charge >= 0.3 is 0 Å². The average molecular weight is 382 g/mol. The van der Waals surface area contributed by atoms with E-state index in [0.29, 0.717) is 0 Å². The van der Waals surface area contributed by atoms with E-state index < -0.39 is 0 Å². The molecule has 0 radical (unpaired) electrons. The minimum atomic E-state index is 0.893. The summed E-state index contributed by atoms with van der Waals surface area (Å²) >= 11 is 0. The topological polar surface area (TPSA) is 21.3 Å². The van der Waals surface area contributed by atoms with Crippen molar-refractivity contribution in [3.05, 3.63) is 114 Å². The minimum absolute atomic E-state index is 0.893. The minimum Gasteiger partial charge on any atom is -0.497 e. The van der Waals surface area contributed by atoms with E-state index in [1.54, 1.807) is 7.11 Å². The molecule has 4 aromatic carbocycles. The van der Waals surface area contributed by atoms with Gasteiger partial charge in [0.1, 0.15) is 5.75 Å². The zero-order chi connectivity index (χ0) is 20.5. The Bertz CT molecular complexity index is 946. The van der Waals surface area contributed by atoms with Gasteiger partial charge in [0.15, 0.2) is 0 Å². The molecular weight excluding hydrogens is 354 g/mol. The maximum absolute atomic E-state index is 5.11. The van der Waals surface area contributed by atoms with Crippen molar-refractivity contribution >= 4 is 11.4 Å². The zero-order valence-electron chi connectivity index (χ0n) is 17.2. The van der Waals surface area contributed by atoms with Gasteiger partial charge in [0.25, 0.3) is 0 Å². The van der Waals surface area contributed by atoms with Gasteiger partial charge in [0.2, 0.25) is 0 Å². The van der Waals surface area contributed by atoms with Gasteiger partial charge in [0.05, 0.1) is 7.11 Å². The van der Waals surface area contributed by atoms with E-state index in [1.165, 1.54) is 22.3 Å². The highest BCUT2D eigenvalue weighted by Gasteiger charge is 1.96. The molecule has 4 rings (SSSR count). The van der Waals surface area contributed by atoms with Crippen LogP contribution in [0.1, 0.15) is 11.1 Å². The molecule has 2 nitrogen and oxygen atoms in total. The molecule has 0 aliphatic rings. The molecule has 0 aromatic heterocycles. The Labute approximate surface area is 173 Å². The molecule has 0 atom stereocenters. The molecule has 0 saturated carbocycles. The Hall–Kier alpha value is -3.52. The Morgan fingerprint density at radius 2 is 0.966 bits per heavy atom. The summed E-state index contributed by atoms with van der Waals surface area (Å²) in [5.74, 6) is 0.893. The zero-order valence-corrected chi connectivity index (χ0v) is 17.2. The van der Waals surface area contributed by atoms with E-state index in [1.807, 2.05) is 30.3 Å². The molecule has 4 aromatic rings. The van der Waals surface area contributed by atoms with Crippen LogP contribution < -0.4 is 10.1 Å². The molecule has 0 aliphatic heterocycles. The lowest BCUT2D eigenvalue weighted by atomic mass is 10.1. The van der Waals surface area contributed by atoms with Crippen molar-refractivity contribution < 1.29 is 4.74 Å². The number of methoxy groups -OCH3 is 1. The third-order valence-corrected chi connectivity index (χ3v) is 4.59. The number of rotatable bonds is 4. The SMILES string of the molecule is COc1ccc(-c2ccccc2)cc1.Cc1ccc(Nc2ccc(C)cc2)cc1. The van der Waals surface area contributed by atoms with Crippen LogP contribution >= 0.6 is 0 Å². The van der Waals surface area contributed by atoms with Crippen LogP contribution in [0.5, 0.6) is 5.75 Å². The molecular formula is C27H27NO. The molecule has 0 aliphatic carbocycles. The van der Waals surface area contributed by atoms with E-state index in [9.17, 15) is 0 Å². The van der Waals surface area contributed by atoms with Crippen LogP contribution in [0.15, 0.2) is 103 Å². The summed E-state index contributed by atoms with van der Waals surface area (Å²) in [4.78, 5) is 0. The summed E-state index contributed by atoms with van der Waals surface area (Å²) in [6, 6.07) is 35.2. The first-order valence-corrected chi connectivity index (χ1v) is 9.74. The van der Waals surface area contributed by atoms with E-state index in [-0.39, 0.29) is 0 Å². The van der Waals surface area contributed by atoms with Crippen molar-refractivity contribution in [1.29, 1.82) is 0 Å². The molecule has 0 amide bonds.